The van der Waals surface area contributed by atoms with Crippen molar-refractivity contribution in [1.82, 2.24) is 10.2 Å². The Morgan fingerprint density at radius 2 is 2.00 bits per heavy atom. The van der Waals surface area contributed by atoms with Crippen LogP contribution >= 0.6 is 0 Å². The van der Waals surface area contributed by atoms with Gasteiger partial charge in [-0.15, -0.1) is 6.42 Å². The topological polar surface area (TPSA) is 69.6 Å². The zero-order chi connectivity index (χ0) is 15.1. The van der Waals surface area contributed by atoms with Gasteiger partial charge in [0.1, 0.15) is 0 Å². The van der Waals surface area contributed by atoms with Crippen LogP contribution in [0.5, 0.6) is 0 Å². The number of terminal acetylenes is 1. The number of nitrogens with zero attached hydrogens (tertiary/aromatic N) is 1. The van der Waals surface area contributed by atoms with Gasteiger partial charge in [-0.25, -0.2) is 4.79 Å². The van der Waals surface area contributed by atoms with E-state index in [-0.39, 0.29) is 24.4 Å². The van der Waals surface area contributed by atoms with Gasteiger partial charge in [0, 0.05) is 12.6 Å². The van der Waals surface area contributed by atoms with Crippen LogP contribution in [0.4, 0.5) is 4.79 Å². The number of carbonyl (C=O) groups excluding carboxylic acids is 1. The molecule has 0 aliphatic heterocycles. The molecule has 1 unspecified atom stereocenters. The smallest absolute Gasteiger partial charge is 0.318 e. The molecule has 19 heavy (non-hydrogen) atoms. The SMILES string of the molecule is C#CCN(CCC)C(=O)NC(CC(=O)O)C(C)(C)C. The minimum absolute atomic E-state index is 0.106. The standard InChI is InChI=1S/C14H24N2O3/c1-6-8-16(9-7-2)13(19)15-11(10-12(17)18)14(3,4)5/h1,11H,7-10H2,2-5H3,(H,15,19)(H,17,18). The molecule has 0 aromatic rings. The van der Waals surface area contributed by atoms with Gasteiger partial charge in [0.2, 0.25) is 0 Å². The summed E-state index contributed by atoms with van der Waals surface area (Å²) in [5, 5.41) is 11.7. The summed E-state index contributed by atoms with van der Waals surface area (Å²) in [4.78, 5) is 24.5. The number of aliphatic carboxylic acids is 1. The molecule has 0 radical (unpaired) electrons. The lowest BCUT2D eigenvalue weighted by Gasteiger charge is -2.32. The van der Waals surface area contributed by atoms with Crippen molar-refractivity contribution in [2.75, 3.05) is 13.1 Å². The van der Waals surface area contributed by atoms with E-state index >= 15 is 0 Å². The lowest BCUT2D eigenvalue weighted by molar-refractivity contribution is -0.138. The Balaban J connectivity index is 4.77. The quantitative estimate of drug-likeness (QED) is 0.723. The van der Waals surface area contributed by atoms with Gasteiger partial charge in [-0.05, 0) is 11.8 Å². The normalized spacial score (nSPS) is 12.4. The van der Waals surface area contributed by atoms with Crippen LogP contribution in [0.15, 0.2) is 0 Å². The maximum absolute atomic E-state index is 12.1. The Morgan fingerprint density at radius 3 is 2.37 bits per heavy atom. The molecular weight excluding hydrogens is 244 g/mol. The van der Waals surface area contributed by atoms with E-state index in [4.69, 9.17) is 11.5 Å². The van der Waals surface area contributed by atoms with Crippen LogP contribution in [-0.2, 0) is 4.79 Å². The number of rotatable bonds is 6. The third-order valence-corrected chi connectivity index (χ3v) is 2.78. The number of hydrogen-bond donors (Lipinski definition) is 2. The summed E-state index contributed by atoms with van der Waals surface area (Å²) >= 11 is 0. The first-order chi connectivity index (χ1) is 8.72. The van der Waals surface area contributed by atoms with Crippen LogP contribution in [-0.4, -0.2) is 41.1 Å². The summed E-state index contributed by atoms with van der Waals surface area (Å²) in [6, 6.07) is -0.740. The average molecular weight is 268 g/mol. The number of nitrogens with one attached hydrogen (secondary N) is 1. The third kappa shape index (κ3) is 6.70. The Hall–Kier alpha value is -1.70. The summed E-state index contributed by atoms with van der Waals surface area (Å²) < 4.78 is 0. The second-order valence-electron chi connectivity index (χ2n) is 5.59. The highest BCUT2D eigenvalue weighted by Gasteiger charge is 2.29. The van der Waals surface area contributed by atoms with E-state index in [0.29, 0.717) is 6.54 Å². The first kappa shape index (κ1) is 17.3. The molecule has 5 heteroatoms. The minimum Gasteiger partial charge on any atom is -0.481 e. The number of carbonyl (C=O) groups is 2. The number of carboxylic acid groups (broad SMARTS) is 1. The molecule has 5 nitrogen and oxygen atoms in total. The first-order valence-electron chi connectivity index (χ1n) is 6.43. The van der Waals surface area contributed by atoms with Crippen LogP contribution < -0.4 is 5.32 Å². The van der Waals surface area contributed by atoms with Crippen molar-refractivity contribution in [3.8, 4) is 12.3 Å². The van der Waals surface area contributed by atoms with Crippen LogP contribution in [0.25, 0.3) is 0 Å². The maximum atomic E-state index is 12.1. The molecule has 0 spiro atoms. The molecular formula is C14H24N2O3. The highest BCUT2D eigenvalue weighted by Crippen LogP contribution is 2.22. The van der Waals surface area contributed by atoms with Crippen molar-refractivity contribution in [3.63, 3.8) is 0 Å². The Bertz CT molecular complexity index is 353. The van der Waals surface area contributed by atoms with Gasteiger partial charge in [0.05, 0.1) is 13.0 Å². The molecule has 0 aromatic heterocycles. The first-order valence-corrected chi connectivity index (χ1v) is 6.43. The lowest BCUT2D eigenvalue weighted by atomic mass is 9.85. The van der Waals surface area contributed by atoms with Crippen molar-refractivity contribution < 1.29 is 14.7 Å². The summed E-state index contributed by atoms with van der Waals surface area (Å²) in [6.45, 7) is 8.42. The van der Waals surface area contributed by atoms with Crippen LogP contribution in [0.2, 0.25) is 0 Å². The number of carboxylic acids is 1. The molecule has 2 amide bonds. The molecule has 0 heterocycles. The van der Waals surface area contributed by atoms with E-state index in [2.05, 4.69) is 11.2 Å². The number of amides is 2. The lowest BCUT2D eigenvalue weighted by Crippen LogP contribution is -2.50. The summed E-state index contributed by atoms with van der Waals surface area (Å²) in [6.07, 6.45) is 5.92. The van der Waals surface area contributed by atoms with Gasteiger partial charge in [-0.2, -0.15) is 0 Å². The highest BCUT2D eigenvalue weighted by molar-refractivity contribution is 5.76. The van der Waals surface area contributed by atoms with Crippen LogP contribution in [0.1, 0.15) is 40.5 Å². The van der Waals surface area contributed by atoms with E-state index in [9.17, 15) is 9.59 Å². The maximum Gasteiger partial charge on any atom is 0.318 e. The Kier molecular flexibility index (Phi) is 6.99. The number of hydrogen-bond acceptors (Lipinski definition) is 2. The van der Waals surface area contributed by atoms with Gasteiger partial charge < -0.3 is 15.3 Å². The predicted octanol–water partition coefficient (Wildman–Crippen LogP) is 1.93. The molecule has 0 rings (SSSR count). The van der Waals surface area contributed by atoms with Gasteiger partial charge in [0.25, 0.3) is 0 Å². The molecule has 2 N–H and O–H groups in total. The van der Waals surface area contributed by atoms with Crippen molar-refractivity contribution in [1.29, 1.82) is 0 Å². The van der Waals surface area contributed by atoms with E-state index in [1.807, 2.05) is 27.7 Å². The summed E-state index contributed by atoms with van der Waals surface area (Å²) in [5.74, 6) is 1.50. The fourth-order valence-corrected chi connectivity index (χ4v) is 1.62. The van der Waals surface area contributed by atoms with Gasteiger partial charge in [0.15, 0.2) is 0 Å². The van der Waals surface area contributed by atoms with Crippen LogP contribution in [0.3, 0.4) is 0 Å². The second kappa shape index (κ2) is 7.67. The second-order valence-corrected chi connectivity index (χ2v) is 5.59. The molecule has 0 fully saturated rings. The molecule has 0 bridgehead atoms. The molecule has 0 aliphatic carbocycles. The fraction of sp³-hybridized carbons (Fsp3) is 0.714. The van der Waals surface area contributed by atoms with E-state index in [0.717, 1.165) is 6.42 Å². The zero-order valence-corrected chi connectivity index (χ0v) is 12.2. The fourth-order valence-electron chi connectivity index (χ4n) is 1.62. The Morgan fingerprint density at radius 1 is 1.42 bits per heavy atom. The van der Waals surface area contributed by atoms with Crippen molar-refractivity contribution in [2.24, 2.45) is 5.41 Å². The highest BCUT2D eigenvalue weighted by atomic mass is 16.4. The largest absolute Gasteiger partial charge is 0.481 e. The summed E-state index contributed by atoms with van der Waals surface area (Å²) in [5.41, 5.74) is -0.331. The predicted molar refractivity (Wildman–Crippen MR) is 74.7 cm³/mol. The molecule has 0 aromatic carbocycles. The Labute approximate surface area is 115 Å². The number of urea groups is 1. The van der Waals surface area contributed by atoms with Gasteiger partial charge >= 0.3 is 12.0 Å². The van der Waals surface area contributed by atoms with Crippen LogP contribution in [0, 0.1) is 17.8 Å². The van der Waals surface area contributed by atoms with E-state index in [1.165, 1.54) is 4.90 Å². The van der Waals surface area contributed by atoms with Crippen molar-refractivity contribution in [2.45, 2.75) is 46.6 Å². The van der Waals surface area contributed by atoms with Gasteiger partial charge in [-0.3, -0.25) is 4.79 Å². The average Bonchev–Trinajstić information content (AvgIpc) is 2.26. The molecule has 0 saturated heterocycles. The van der Waals surface area contributed by atoms with E-state index in [1.54, 1.807) is 0 Å². The van der Waals surface area contributed by atoms with Crippen molar-refractivity contribution in [3.05, 3.63) is 0 Å². The minimum atomic E-state index is -0.931. The molecule has 0 saturated carbocycles. The monoisotopic (exact) mass is 268 g/mol. The van der Waals surface area contributed by atoms with Gasteiger partial charge in [-0.1, -0.05) is 33.6 Å². The third-order valence-electron chi connectivity index (χ3n) is 2.78. The summed E-state index contributed by atoms with van der Waals surface area (Å²) in [7, 11) is 0. The molecule has 0 aliphatic rings. The zero-order valence-electron chi connectivity index (χ0n) is 12.2. The van der Waals surface area contributed by atoms with E-state index < -0.39 is 12.0 Å². The molecule has 108 valence electrons. The van der Waals surface area contributed by atoms with Crippen molar-refractivity contribution >= 4 is 12.0 Å². The molecule has 1 atom stereocenters.